The molecule has 20 heavy (non-hydrogen) atoms. The molecule has 0 N–H and O–H groups in total. The number of nitrogens with zero attached hydrogens (tertiary/aromatic N) is 4. The van der Waals surface area contributed by atoms with Crippen LogP contribution in [0.1, 0.15) is 0 Å². The Kier molecular flexibility index (Phi) is 3.89. The van der Waals surface area contributed by atoms with Crippen LogP contribution in [0.25, 0.3) is 11.4 Å². The van der Waals surface area contributed by atoms with Gasteiger partial charge in [-0.05, 0) is 29.5 Å². The van der Waals surface area contributed by atoms with Crippen molar-refractivity contribution in [1.82, 2.24) is 20.2 Å². The average molecular weight is 276 g/mol. The van der Waals surface area contributed by atoms with Crippen molar-refractivity contribution in [3.8, 4) is 17.1 Å². The fourth-order valence-corrected chi connectivity index (χ4v) is 1.38. The van der Waals surface area contributed by atoms with Crippen molar-refractivity contribution in [2.45, 2.75) is 6.54 Å². The first-order valence-corrected chi connectivity index (χ1v) is 5.45. The van der Waals surface area contributed by atoms with Crippen molar-refractivity contribution in [2.24, 2.45) is 0 Å². The summed E-state index contributed by atoms with van der Waals surface area (Å²) in [5.41, 5.74) is 0.579. The van der Waals surface area contributed by atoms with Crippen molar-refractivity contribution < 1.29 is 24.5 Å². The molecule has 0 aliphatic carbocycles. The molecule has 9 heteroatoms. The first kappa shape index (κ1) is 13.5. The second-order valence-electron chi connectivity index (χ2n) is 3.70. The molecule has 0 spiro atoms. The summed E-state index contributed by atoms with van der Waals surface area (Å²) < 4.78 is 4.91. The molecule has 0 radical (unpaired) electrons. The zero-order chi connectivity index (χ0) is 14.5. The highest BCUT2D eigenvalue weighted by atomic mass is 16.5. The lowest BCUT2D eigenvalue weighted by molar-refractivity contribution is -0.308. The first-order valence-electron chi connectivity index (χ1n) is 5.45. The van der Waals surface area contributed by atoms with E-state index < -0.39 is 25.1 Å². The minimum absolute atomic E-state index is 0.234. The largest absolute Gasteiger partial charge is 0.548 e. The number of benzene rings is 1. The Morgan fingerprint density at radius 3 is 2.45 bits per heavy atom. The number of carbonyl (C=O) groups is 2. The molecule has 0 fully saturated rings. The van der Waals surface area contributed by atoms with E-state index >= 15 is 0 Å². The summed E-state index contributed by atoms with van der Waals surface area (Å²) in [5, 5.41) is 31.7. The fraction of sp³-hybridized carbons (Fsp3) is 0.182. The summed E-state index contributed by atoms with van der Waals surface area (Å²) in [5.74, 6) is -2.06. The van der Waals surface area contributed by atoms with Gasteiger partial charge in [0.15, 0.2) is 0 Å². The lowest BCUT2D eigenvalue weighted by Crippen LogP contribution is -2.28. The zero-order valence-electron chi connectivity index (χ0n) is 10.1. The Balaban J connectivity index is 2.07. The van der Waals surface area contributed by atoms with Crippen molar-refractivity contribution in [2.75, 3.05) is 6.61 Å². The molecule has 2 aromatic rings. The molecule has 0 aliphatic rings. The third-order valence-corrected chi connectivity index (χ3v) is 2.19. The van der Waals surface area contributed by atoms with Gasteiger partial charge in [0.2, 0.25) is 5.82 Å². The van der Waals surface area contributed by atoms with Crippen LogP contribution in [-0.2, 0) is 16.1 Å². The maximum atomic E-state index is 10.4. The summed E-state index contributed by atoms with van der Waals surface area (Å²) in [4.78, 5) is 21.5. The molecule has 1 aromatic heterocycles. The molecule has 9 nitrogen and oxygen atoms in total. The van der Waals surface area contributed by atoms with Crippen LogP contribution in [0.2, 0.25) is 0 Å². The molecule has 2 rings (SSSR count). The predicted octanol–water partition coefficient (Wildman–Crippen LogP) is -2.78. The van der Waals surface area contributed by atoms with E-state index in [-0.39, 0.29) is 5.82 Å². The lowest BCUT2D eigenvalue weighted by atomic mass is 10.2. The second-order valence-corrected chi connectivity index (χ2v) is 3.70. The number of ether oxygens (including phenoxy) is 1. The Labute approximate surface area is 112 Å². The van der Waals surface area contributed by atoms with Crippen molar-refractivity contribution in [1.29, 1.82) is 0 Å². The summed E-state index contributed by atoms with van der Waals surface area (Å²) in [7, 11) is 0. The smallest absolute Gasteiger partial charge is 0.204 e. The molecule has 0 atom stereocenters. The monoisotopic (exact) mass is 276 g/mol. The molecular formula is C11H8N4O5-2. The van der Waals surface area contributed by atoms with Gasteiger partial charge in [0.25, 0.3) is 0 Å². The Bertz CT molecular complexity index is 622. The Morgan fingerprint density at radius 1 is 1.15 bits per heavy atom. The van der Waals surface area contributed by atoms with Crippen molar-refractivity contribution in [3.05, 3.63) is 24.3 Å². The van der Waals surface area contributed by atoms with E-state index in [9.17, 15) is 19.8 Å². The standard InChI is InChI=1S/C11H10N4O5/c16-9(17)5-15-13-11(12-14-15)7-1-3-8(4-2-7)20-6-10(18)19/h1-4H,5-6H2,(H,16,17)(H,18,19)/p-2. The number of rotatable bonds is 6. The molecule has 1 aromatic carbocycles. The van der Waals surface area contributed by atoms with E-state index in [0.717, 1.165) is 4.80 Å². The molecule has 1 heterocycles. The summed E-state index contributed by atoms with van der Waals surface area (Å²) >= 11 is 0. The van der Waals surface area contributed by atoms with Gasteiger partial charge in [0.1, 0.15) is 18.9 Å². The summed E-state index contributed by atoms with van der Waals surface area (Å²) in [6.45, 7) is -1.03. The van der Waals surface area contributed by atoms with Crippen LogP contribution in [0.4, 0.5) is 0 Å². The number of aromatic nitrogens is 4. The Hall–Kier alpha value is -2.97. The van der Waals surface area contributed by atoms with Gasteiger partial charge in [0, 0.05) is 5.56 Å². The molecule has 0 amide bonds. The maximum Gasteiger partial charge on any atom is 0.204 e. The molecule has 0 bridgehead atoms. The van der Waals surface area contributed by atoms with Gasteiger partial charge < -0.3 is 24.5 Å². The van der Waals surface area contributed by atoms with E-state index in [2.05, 4.69) is 15.4 Å². The van der Waals surface area contributed by atoms with E-state index in [4.69, 9.17) is 4.74 Å². The molecule has 0 saturated heterocycles. The highest BCUT2D eigenvalue weighted by Crippen LogP contribution is 2.18. The molecule has 0 aliphatic heterocycles. The number of aliphatic carboxylic acids is 2. The van der Waals surface area contributed by atoms with Gasteiger partial charge >= 0.3 is 0 Å². The highest BCUT2D eigenvalue weighted by Gasteiger charge is 2.06. The number of hydrogen-bond donors (Lipinski definition) is 0. The number of carboxylic acid groups (broad SMARTS) is 2. The number of carboxylic acids is 2. The minimum Gasteiger partial charge on any atom is -0.548 e. The van der Waals surface area contributed by atoms with Gasteiger partial charge in [-0.15, -0.1) is 10.2 Å². The summed E-state index contributed by atoms with van der Waals surface area (Å²) in [6.07, 6.45) is 0. The van der Waals surface area contributed by atoms with Crippen LogP contribution in [0.5, 0.6) is 5.75 Å². The molecule has 104 valence electrons. The quantitative estimate of drug-likeness (QED) is 0.553. The van der Waals surface area contributed by atoms with Crippen LogP contribution >= 0.6 is 0 Å². The van der Waals surface area contributed by atoms with E-state index in [1.54, 1.807) is 12.1 Å². The predicted molar refractivity (Wildman–Crippen MR) is 58.8 cm³/mol. The SMILES string of the molecule is O=C([O-])COc1ccc(-c2nnn(CC(=O)[O-])n2)cc1. The van der Waals surface area contributed by atoms with Gasteiger partial charge in [-0.2, -0.15) is 4.80 Å². The van der Waals surface area contributed by atoms with Crippen molar-refractivity contribution in [3.63, 3.8) is 0 Å². The third-order valence-electron chi connectivity index (χ3n) is 2.19. The van der Waals surface area contributed by atoms with Gasteiger partial charge in [-0.25, -0.2) is 0 Å². The zero-order valence-corrected chi connectivity index (χ0v) is 10.1. The van der Waals surface area contributed by atoms with Crippen molar-refractivity contribution >= 4 is 11.9 Å². The van der Waals surface area contributed by atoms with Gasteiger partial charge in [-0.1, -0.05) is 0 Å². The average Bonchev–Trinajstić information content (AvgIpc) is 2.84. The van der Waals surface area contributed by atoms with Crippen LogP contribution in [-0.4, -0.2) is 38.8 Å². The van der Waals surface area contributed by atoms with Crippen LogP contribution in [0.15, 0.2) is 24.3 Å². The topological polar surface area (TPSA) is 133 Å². The second kappa shape index (κ2) is 5.78. The van der Waals surface area contributed by atoms with E-state index in [0.29, 0.717) is 11.3 Å². The fourth-order valence-electron chi connectivity index (χ4n) is 1.38. The lowest BCUT2D eigenvalue weighted by Gasteiger charge is -2.06. The van der Waals surface area contributed by atoms with Crippen LogP contribution in [0.3, 0.4) is 0 Å². The first-order chi connectivity index (χ1) is 9.54. The number of carbonyl (C=O) groups excluding carboxylic acids is 2. The minimum atomic E-state index is -1.32. The number of tetrazole rings is 1. The molecular weight excluding hydrogens is 268 g/mol. The van der Waals surface area contributed by atoms with Crippen LogP contribution in [0, 0.1) is 0 Å². The third kappa shape index (κ3) is 3.51. The highest BCUT2D eigenvalue weighted by molar-refractivity contribution is 5.66. The van der Waals surface area contributed by atoms with Crippen LogP contribution < -0.4 is 14.9 Å². The number of hydrogen-bond acceptors (Lipinski definition) is 8. The summed E-state index contributed by atoms with van der Waals surface area (Å²) in [6, 6.07) is 6.23. The van der Waals surface area contributed by atoms with E-state index in [1.165, 1.54) is 12.1 Å². The molecule has 0 saturated carbocycles. The molecule has 0 unspecified atom stereocenters. The van der Waals surface area contributed by atoms with Gasteiger partial charge in [-0.3, -0.25) is 0 Å². The normalized spacial score (nSPS) is 10.2. The van der Waals surface area contributed by atoms with E-state index in [1.807, 2.05) is 0 Å². The maximum absolute atomic E-state index is 10.4. The van der Waals surface area contributed by atoms with Gasteiger partial charge in [0.05, 0.1) is 11.9 Å². The Morgan fingerprint density at radius 2 is 1.85 bits per heavy atom.